The van der Waals surface area contributed by atoms with Gasteiger partial charge in [0.1, 0.15) is 11.3 Å². The van der Waals surface area contributed by atoms with Crippen LogP contribution < -0.4 is 10.6 Å². The van der Waals surface area contributed by atoms with Gasteiger partial charge in [0.05, 0.1) is 5.92 Å². The van der Waals surface area contributed by atoms with Crippen molar-refractivity contribution in [2.75, 3.05) is 0 Å². The number of para-hydroxylation sites is 1. The van der Waals surface area contributed by atoms with Gasteiger partial charge < -0.3 is 15.1 Å². The second-order valence-electron chi connectivity index (χ2n) is 6.33. The zero-order valence-electron chi connectivity index (χ0n) is 13.6. The highest BCUT2D eigenvalue weighted by Crippen LogP contribution is 2.25. The number of fused-ring (bicyclic) bond motifs is 2. The molecule has 122 valence electrons. The van der Waals surface area contributed by atoms with E-state index in [-0.39, 0.29) is 11.8 Å². The summed E-state index contributed by atoms with van der Waals surface area (Å²) in [6, 6.07) is 16.1. The number of amides is 1. The van der Waals surface area contributed by atoms with Crippen molar-refractivity contribution in [3.05, 3.63) is 71.0 Å². The molecule has 0 saturated carbocycles. The van der Waals surface area contributed by atoms with Crippen molar-refractivity contribution in [1.29, 1.82) is 0 Å². The molecule has 2 heterocycles. The van der Waals surface area contributed by atoms with Crippen molar-refractivity contribution in [2.24, 2.45) is 0 Å². The summed E-state index contributed by atoms with van der Waals surface area (Å²) in [6.07, 6.45) is 0. The molecular formula is C20H20N2O2. The third-order valence-corrected chi connectivity index (χ3v) is 4.63. The first-order valence-electron chi connectivity index (χ1n) is 8.28. The second kappa shape index (κ2) is 6.13. The molecule has 0 radical (unpaired) electrons. The van der Waals surface area contributed by atoms with Crippen LogP contribution in [0, 0.1) is 0 Å². The molecule has 4 nitrogen and oxygen atoms in total. The van der Waals surface area contributed by atoms with Gasteiger partial charge >= 0.3 is 0 Å². The summed E-state index contributed by atoms with van der Waals surface area (Å²) in [7, 11) is 0. The predicted octanol–water partition coefficient (Wildman–Crippen LogP) is 3.46. The fourth-order valence-electron chi connectivity index (χ4n) is 3.15. The smallest absolute Gasteiger partial charge is 0.230 e. The quantitative estimate of drug-likeness (QED) is 0.774. The van der Waals surface area contributed by atoms with E-state index in [4.69, 9.17) is 4.42 Å². The molecule has 3 aromatic rings. The van der Waals surface area contributed by atoms with Crippen LogP contribution in [-0.2, 0) is 24.4 Å². The summed E-state index contributed by atoms with van der Waals surface area (Å²) in [5.41, 5.74) is 4.62. The molecule has 1 aliphatic rings. The number of hydrogen-bond acceptors (Lipinski definition) is 3. The summed E-state index contributed by atoms with van der Waals surface area (Å²) in [5, 5.41) is 7.37. The molecule has 1 amide bonds. The highest BCUT2D eigenvalue weighted by Gasteiger charge is 2.19. The Balaban J connectivity index is 1.43. The number of rotatable bonds is 4. The van der Waals surface area contributed by atoms with Crippen LogP contribution in [0.2, 0.25) is 0 Å². The summed E-state index contributed by atoms with van der Waals surface area (Å²) < 4.78 is 5.79. The lowest BCUT2D eigenvalue weighted by Crippen LogP contribution is -2.27. The number of hydrogen-bond donors (Lipinski definition) is 2. The minimum atomic E-state index is -0.312. The number of carbonyl (C=O) groups excluding carboxylic acids is 1. The molecule has 1 aromatic heterocycles. The maximum atomic E-state index is 12.4. The van der Waals surface area contributed by atoms with E-state index in [0.29, 0.717) is 12.3 Å². The van der Waals surface area contributed by atoms with Gasteiger partial charge in [0.15, 0.2) is 0 Å². The molecule has 4 rings (SSSR count). The van der Waals surface area contributed by atoms with Gasteiger partial charge in [-0.05, 0) is 35.7 Å². The summed E-state index contributed by atoms with van der Waals surface area (Å²) >= 11 is 0. The number of nitrogens with one attached hydrogen (secondary N) is 2. The second-order valence-corrected chi connectivity index (χ2v) is 6.33. The Morgan fingerprint density at radius 3 is 2.88 bits per heavy atom. The fourth-order valence-corrected chi connectivity index (χ4v) is 3.15. The van der Waals surface area contributed by atoms with Gasteiger partial charge in [-0.2, -0.15) is 0 Å². The van der Waals surface area contributed by atoms with E-state index in [9.17, 15) is 4.79 Å². The maximum absolute atomic E-state index is 12.4. The Labute approximate surface area is 140 Å². The minimum Gasteiger partial charge on any atom is -0.460 e. The van der Waals surface area contributed by atoms with Gasteiger partial charge in [0, 0.05) is 25.0 Å². The van der Waals surface area contributed by atoms with E-state index in [0.717, 1.165) is 29.6 Å². The van der Waals surface area contributed by atoms with Gasteiger partial charge in [0.2, 0.25) is 5.91 Å². The zero-order chi connectivity index (χ0) is 16.5. The highest BCUT2D eigenvalue weighted by molar-refractivity contribution is 5.85. The van der Waals surface area contributed by atoms with Crippen LogP contribution in [0.4, 0.5) is 0 Å². The molecule has 0 bridgehead atoms. The molecule has 2 aromatic carbocycles. The summed E-state index contributed by atoms with van der Waals surface area (Å²) in [5.74, 6) is 0.369. The SMILES string of the molecule is CC(C(=O)NCc1ccc2c(c1)CNC2)c1cc2ccccc2o1. The molecule has 1 atom stereocenters. The van der Waals surface area contributed by atoms with Crippen LogP contribution in [0.5, 0.6) is 0 Å². The van der Waals surface area contributed by atoms with Gasteiger partial charge in [-0.25, -0.2) is 0 Å². The van der Waals surface area contributed by atoms with Gasteiger partial charge in [-0.1, -0.05) is 36.4 Å². The Hall–Kier alpha value is -2.59. The molecule has 0 fully saturated rings. The fraction of sp³-hybridized carbons (Fsp3) is 0.250. The first kappa shape index (κ1) is 15.0. The highest BCUT2D eigenvalue weighted by atomic mass is 16.3. The molecular weight excluding hydrogens is 300 g/mol. The largest absolute Gasteiger partial charge is 0.460 e. The number of carbonyl (C=O) groups is 1. The molecule has 0 aliphatic carbocycles. The van der Waals surface area contributed by atoms with Gasteiger partial charge in [-0.15, -0.1) is 0 Å². The lowest BCUT2D eigenvalue weighted by molar-refractivity contribution is -0.122. The van der Waals surface area contributed by atoms with Crippen molar-refractivity contribution in [1.82, 2.24) is 10.6 Å². The van der Waals surface area contributed by atoms with Crippen molar-refractivity contribution in [2.45, 2.75) is 32.5 Å². The molecule has 24 heavy (non-hydrogen) atoms. The average Bonchev–Trinajstić information content (AvgIpc) is 3.24. The van der Waals surface area contributed by atoms with Crippen LogP contribution >= 0.6 is 0 Å². The van der Waals surface area contributed by atoms with E-state index in [1.807, 2.05) is 37.3 Å². The van der Waals surface area contributed by atoms with Crippen molar-refractivity contribution in [3.63, 3.8) is 0 Å². The predicted molar refractivity (Wildman–Crippen MR) is 93.5 cm³/mol. The van der Waals surface area contributed by atoms with E-state index in [1.165, 1.54) is 11.1 Å². The molecule has 0 saturated heterocycles. The third kappa shape index (κ3) is 2.81. The summed E-state index contributed by atoms with van der Waals surface area (Å²) in [4.78, 5) is 12.4. The lowest BCUT2D eigenvalue weighted by Gasteiger charge is -2.11. The van der Waals surface area contributed by atoms with Crippen LogP contribution in [0.25, 0.3) is 11.0 Å². The number of benzene rings is 2. The summed E-state index contributed by atoms with van der Waals surface area (Å²) in [6.45, 7) is 4.26. The number of furan rings is 1. The lowest BCUT2D eigenvalue weighted by atomic mass is 10.1. The van der Waals surface area contributed by atoms with Gasteiger partial charge in [-0.3, -0.25) is 4.79 Å². The molecule has 4 heteroatoms. The first-order valence-corrected chi connectivity index (χ1v) is 8.28. The van der Waals surface area contributed by atoms with E-state index < -0.39 is 0 Å². The molecule has 1 unspecified atom stereocenters. The monoisotopic (exact) mass is 320 g/mol. The van der Waals surface area contributed by atoms with E-state index in [1.54, 1.807) is 0 Å². The topological polar surface area (TPSA) is 54.3 Å². The third-order valence-electron chi connectivity index (χ3n) is 4.63. The van der Waals surface area contributed by atoms with Crippen LogP contribution in [0.1, 0.15) is 35.3 Å². The standard InChI is InChI=1S/C20H20N2O2/c1-13(19-9-15-4-2-3-5-18(15)24-19)20(23)22-10-14-6-7-16-11-21-12-17(16)8-14/h2-9,13,21H,10-12H2,1H3,(H,22,23). The zero-order valence-corrected chi connectivity index (χ0v) is 13.6. The van der Waals surface area contributed by atoms with Gasteiger partial charge in [0.25, 0.3) is 0 Å². The first-order chi connectivity index (χ1) is 11.7. The maximum Gasteiger partial charge on any atom is 0.230 e. The minimum absolute atomic E-state index is 0.0207. The van der Waals surface area contributed by atoms with Crippen LogP contribution in [0.3, 0.4) is 0 Å². The average molecular weight is 320 g/mol. The van der Waals surface area contributed by atoms with Crippen molar-refractivity contribution >= 4 is 16.9 Å². The Morgan fingerprint density at radius 1 is 1.17 bits per heavy atom. The van der Waals surface area contributed by atoms with Crippen molar-refractivity contribution < 1.29 is 9.21 Å². The molecule has 0 spiro atoms. The van der Waals surface area contributed by atoms with Crippen molar-refractivity contribution in [3.8, 4) is 0 Å². The Kier molecular flexibility index (Phi) is 3.82. The molecule has 2 N–H and O–H groups in total. The van der Waals surface area contributed by atoms with E-state index >= 15 is 0 Å². The Morgan fingerprint density at radius 2 is 2.00 bits per heavy atom. The van der Waals surface area contributed by atoms with Crippen LogP contribution in [-0.4, -0.2) is 5.91 Å². The normalized spacial score (nSPS) is 14.5. The van der Waals surface area contributed by atoms with E-state index in [2.05, 4.69) is 28.8 Å². The Bertz CT molecular complexity index is 865. The van der Waals surface area contributed by atoms with Crippen LogP contribution in [0.15, 0.2) is 52.9 Å². The molecule has 1 aliphatic heterocycles.